The van der Waals surface area contributed by atoms with Crippen molar-refractivity contribution >= 4 is 37.5 Å². The number of halogens is 2. The Labute approximate surface area is 165 Å². The lowest BCUT2D eigenvalue weighted by Crippen LogP contribution is -2.14. The quantitative estimate of drug-likeness (QED) is 0.440. The van der Waals surface area contributed by atoms with Crippen LogP contribution >= 0.6 is 31.9 Å². The second-order valence-corrected chi connectivity index (χ2v) is 7.75. The minimum absolute atomic E-state index is 0.0148. The van der Waals surface area contributed by atoms with E-state index >= 15 is 0 Å². The minimum atomic E-state index is -0.541. The van der Waals surface area contributed by atoms with Crippen molar-refractivity contribution in [2.75, 3.05) is 5.32 Å². The van der Waals surface area contributed by atoms with Crippen LogP contribution in [-0.4, -0.2) is 5.11 Å². The maximum atomic E-state index is 10.7. The third-order valence-electron chi connectivity index (χ3n) is 4.10. The summed E-state index contributed by atoms with van der Waals surface area (Å²) in [5.41, 5.74) is 3.10. The fourth-order valence-electron chi connectivity index (χ4n) is 2.76. The van der Waals surface area contributed by atoms with Gasteiger partial charge in [0, 0.05) is 21.1 Å². The van der Waals surface area contributed by atoms with Crippen LogP contribution in [0.3, 0.4) is 0 Å². The molecule has 0 saturated heterocycles. The number of aliphatic hydroxyl groups is 1. The molecule has 3 rings (SSSR count). The zero-order valence-corrected chi connectivity index (χ0v) is 16.7. The Hall–Kier alpha value is -1.62. The lowest BCUT2D eigenvalue weighted by atomic mass is 9.96. The summed E-state index contributed by atoms with van der Waals surface area (Å²) >= 11 is 6.90. The molecule has 0 heterocycles. The van der Waals surface area contributed by atoms with Crippen LogP contribution in [0.4, 0.5) is 5.69 Å². The molecule has 4 heteroatoms. The van der Waals surface area contributed by atoms with E-state index in [0.29, 0.717) is 6.42 Å². The van der Waals surface area contributed by atoms with Crippen molar-refractivity contribution < 1.29 is 5.11 Å². The summed E-state index contributed by atoms with van der Waals surface area (Å²) in [5.74, 6) is 0. The van der Waals surface area contributed by atoms with Crippen LogP contribution in [0, 0.1) is 0 Å². The summed E-state index contributed by atoms with van der Waals surface area (Å²) in [4.78, 5) is 0. The van der Waals surface area contributed by atoms with Crippen molar-refractivity contribution in [3.05, 3.63) is 98.9 Å². The van der Waals surface area contributed by atoms with E-state index in [4.69, 9.17) is 0 Å². The first-order chi connectivity index (χ1) is 12.1. The highest BCUT2D eigenvalue weighted by Gasteiger charge is 2.18. The van der Waals surface area contributed by atoms with Gasteiger partial charge < -0.3 is 10.4 Å². The molecule has 0 aliphatic heterocycles. The van der Waals surface area contributed by atoms with Crippen LogP contribution in [0.15, 0.2) is 87.8 Å². The zero-order valence-electron chi connectivity index (χ0n) is 13.6. The van der Waals surface area contributed by atoms with Gasteiger partial charge in [0.1, 0.15) is 0 Å². The Morgan fingerprint density at radius 1 is 0.720 bits per heavy atom. The first-order valence-electron chi connectivity index (χ1n) is 8.12. The van der Waals surface area contributed by atoms with Crippen LogP contribution in [-0.2, 0) is 0 Å². The fourth-order valence-corrected chi connectivity index (χ4v) is 3.28. The summed E-state index contributed by atoms with van der Waals surface area (Å²) in [5, 5.41) is 14.2. The monoisotopic (exact) mass is 459 g/mol. The smallest absolute Gasteiger partial charge is 0.0813 e. The SMILES string of the molecule is OC(CC(Nc1ccc(Br)cc1)c1ccccc1)c1ccc(Br)cc1. The lowest BCUT2D eigenvalue weighted by molar-refractivity contribution is 0.160. The fraction of sp³-hybridized carbons (Fsp3) is 0.143. The molecule has 2 nitrogen and oxygen atoms in total. The van der Waals surface area contributed by atoms with Gasteiger partial charge in [0.25, 0.3) is 0 Å². The molecule has 3 aromatic carbocycles. The normalized spacial score (nSPS) is 13.2. The molecule has 0 fully saturated rings. The van der Waals surface area contributed by atoms with Crippen molar-refractivity contribution in [3.63, 3.8) is 0 Å². The van der Waals surface area contributed by atoms with Crippen molar-refractivity contribution in [2.45, 2.75) is 18.6 Å². The molecule has 0 spiro atoms. The number of hydrogen-bond acceptors (Lipinski definition) is 2. The standard InChI is InChI=1S/C21H19Br2NO/c22-17-8-6-16(7-9-17)21(25)14-20(15-4-2-1-3-5-15)24-19-12-10-18(23)11-13-19/h1-13,20-21,24-25H,14H2. The van der Waals surface area contributed by atoms with Gasteiger partial charge in [-0.2, -0.15) is 0 Å². The summed E-state index contributed by atoms with van der Waals surface area (Å²) in [6.07, 6.45) is 0.0445. The van der Waals surface area contributed by atoms with Gasteiger partial charge in [0.15, 0.2) is 0 Å². The van der Waals surface area contributed by atoms with Crippen LogP contribution in [0.25, 0.3) is 0 Å². The van der Waals surface area contributed by atoms with Gasteiger partial charge in [-0.25, -0.2) is 0 Å². The van der Waals surface area contributed by atoms with Crippen LogP contribution in [0.1, 0.15) is 29.7 Å². The van der Waals surface area contributed by atoms with Crippen molar-refractivity contribution in [1.82, 2.24) is 0 Å². The summed E-state index contributed by atoms with van der Waals surface area (Å²) < 4.78 is 2.06. The van der Waals surface area contributed by atoms with E-state index in [1.807, 2.05) is 66.7 Å². The van der Waals surface area contributed by atoms with E-state index < -0.39 is 6.10 Å². The minimum Gasteiger partial charge on any atom is -0.388 e. The molecule has 0 radical (unpaired) electrons. The molecule has 0 saturated carbocycles. The van der Waals surface area contributed by atoms with Gasteiger partial charge >= 0.3 is 0 Å². The molecule has 0 aromatic heterocycles. The van der Waals surface area contributed by atoms with E-state index in [0.717, 1.165) is 25.8 Å². The molecule has 128 valence electrons. The highest BCUT2D eigenvalue weighted by Crippen LogP contribution is 2.30. The number of hydrogen-bond donors (Lipinski definition) is 2. The molecule has 0 aliphatic rings. The number of benzene rings is 3. The van der Waals surface area contributed by atoms with Gasteiger partial charge in [-0.3, -0.25) is 0 Å². The van der Waals surface area contributed by atoms with Crippen LogP contribution in [0.2, 0.25) is 0 Å². The average Bonchev–Trinajstić information content (AvgIpc) is 2.64. The molecule has 0 amide bonds. The average molecular weight is 461 g/mol. The maximum Gasteiger partial charge on any atom is 0.0813 e. The largest absolute Gasteiger partial charge is 0.388 e. The van der Waals surface area contributed by atoms with E-state index in [9.17, 15) is 5.11 Å². The van der Waals surface area contributed by atoms with Crippen molar-refractivity contribution in [3.8, 4) is 0 Å². The van der Waals surface area contributed by atoms with Crippen molar-refractivity contribution in [1.29, 1.82) is 0 Å². The predicted molar refractivity (Wildman–Crippen MR) is 111 cm³/mol. The Morgan fingerprint density at radius 3 is 1.88 bits per heavy atom. The number of aliphatic hydroxyl groups excluding tert-OH is 1. The van der Waals surface area contributed by atoms with Crippen molar-refractivity contribution in [2.24, 2.45) is 0 Å². The van der Waals surface area contributed by atoms with Crippen LogP contribution < -0.4 is 5.32 Å². The van der Waals surface area contributed by atoms with Gasteiger partial charge in [-0.15, -0.1) is 0 Å². The zero-order chi connectivity index (χ0) is 17.6. The third-order valence-corrected chi connectivity index (χ3v) is 5.16. The van der Waals surface area contributed by atoms with Crippen LogP contribution in [0.5, 0.6) is 0 Å². The lowest BCUT2D eigenvalue weighted by Gasteiger charge is -2.23. The van der Waals surface area contributed by atoms with E-state index in [-0.39, 0.29) is 6.04 Å². The van der Waals surface area contributed by atoms with Gasteiger partial charge in [0.05, 0.1) is 12.1 Å². The molecular formula is C21H19Br2NO. The molecule has 0 bridgehead atoms. The topological polar surface area (TPSA) is 32.3 Å². The molecule has 0 aliphatic carbocycles. The van der Waals surface area contributed by atoms with E-state index in [1.165, 1.54) is 0 Å². The predicted octanol–water partition coefficient (Wildman–Crippen LogP) is 6.49. The molecular weight excluding hydrogens is 442 g/mol. The Morgan fingerprint density at radius 2 is 1.28 bits per heavy atom. The first-order valence-corrected chi connectivity index (χ1v) is 9.71. The van der Waals surface area contributed by atoms with Gasteiger partial charge in [0.2, 0.25) is 0 Å². The Bertz CT molecular complexity index is 788. The van der Waals surface area contributed by atoms with Gasteiger partial charge in [-0.05, 0) is 47.5 Å². The maximum absolute atomic E-state index is 10.7. The molecule has 2 atom stereocenters. The second kappa shape index (κ2) is 8.65. The second-order valence-electron chi connectivity index (χ2n) is 5.92. The number of anilines is 1. The number of rotatable bonds is 6. The molecule has 3 aromatic rings. The highest BCUT2D eigenvalue weighted by molar-refractivity contribution is 9.10. The summed E-state index contributed by atoms with van der Waals surface area (Å²) in [7, 11) is 0. The first kappa shape index (κ1) is 18.2. The van der Waals surface area contributed by atoms with Gasteiger partial charge in [-0.1, -0.05) is 74.3 Å². The summed E-state index contributed by atoms with van der Waals surface area (Å²) in [6.45, 7) is 0. The Kier molecular flexibility index (Phi) is 6.29. The van der Waals surface area contributed by atoms with E-state index in [1.54, 1.807) is 0 Å². The van der Waals surface area contributed by atoms with E-state index in [2.05, 4.69) is 49.3 Å². The third kappa shape index (κ3) is 5.18. The highest BCUT2D eigenvalue weighted by atomic mass is 79.9. The molecule has 2 unspecified atom stereocenters. The summed E-state index contributed by atoms with van der Waals surface area (Å²) in [6, 6.07) is 26.2. The number of nitrogens with one attached hydrogen (secondary N) is 1. The Balaban J connectivity index is 1.81. The molecule has 25 heavy (non-hydrogen) atoms. The molecule has 2 N–H and O–H groups in total.